The fourth-order valence-electron chi connectivity index (χ4n) is 3.92. The van der Waals surface area contributed by atoms with E-state index in [-0.39, 0.29) is 47.2 Å². The lowest BCUT2D eigenvalue weighted by atomic mass is 10.00. The van der Waals surface area contributed by atoms with Crippen LogP contribution < -0.4 is 10.2 Å². The maximum absolute atomic E-state index is 13.2. The molecule has 0 saturated heterocycles. The summed E-state index contributed by atoms with van der Waals surface area (Å²) >= 11 is 0. The molecule has 0 aliphatic rings. The zero-order valence-electron chi connectivity index (χ0n) is 18.8. The molecule has 8 heteroatoms. The number of phenols is 2. The van der Waals surface area contributed by atoms with Crippen LogP contribution in [0.1, 0.15) is 24.0 Å². The molecule has 35 heavy (non-hydrogen) atoms. The summed E-state index contributed by atoms with van der Waals surface area (Å²) in [6, 6.07) is 16.6. The summed E-state index contributed by atoms with van der Waals surface area (Å²) in [4.78, 5) is 13.2. The Labute approximate surface area is 200 Å². The van der Waals surface area contributed by atoms with Gasteiger partial charge in [0.25, 0.3) is 0 Å². The standard InChI is InChI=1S/C27H26O8/c28-10-4-7-20(15-29)34-22-13-19(30)14-23-24(22)25(32)26(33)27(35-23)17-8-9-21(31)18(12-17)11-16-5-2-1-3-6-16/h1-3,5-6,8-9,12-14,20,28-31,33H,4,7,10-11,15H2. The van der Waals surface area contributed by atoms with Gasteiger partial charge in [0.1, 0.15) is 34.3 Å². The van der Waals surface area contributed by atoms with E-state index in [1.54, 1.807) is 6.07 Å². The fraction of sp³-hybridized carbons (Fsp3) is 0.222. The minimum atomic E-state index is -0.771. The molecule has 1 aromatic heterocycles. The highest BCUT2D eigenvalue weighted by atomic mass is 16.5. The van der Waals surface area contributed by atoms with Crippen molar-refractivity contribution in [3.8, 4) is 34.3 Å². The SMILES string of the molecule is O=c1c(O)c(-c2ccc(O)c(Cc3ccccc3)c2)oc2cc(O)cc(OC(CO)CCCO)c12. The Morgan fingerprint density at radius 1 is 0.943 bits per heavy atom. The van der Waals surface area contributed by atoms with Crippen LogP contribution in [0.5, 0.6) is 23.0 Å². The average Bonchev–Trinajstić information content (AvgIpc) is 2.85. The van der Waals surface area contributed by atoms with E-state index in [9.17, 15) is 25.2 Å². The maximum atomic E-state index is 13.2. The lowest BCUT2D eigenvalue weighted by Crippen LogP contribution is -2.22. The Balaban J connectivity index is 1.78. The molecule has 0 spiro atoms. The predicted octanol–water partition coefficient (Wildman–Crippen LogP) is 3.68. The van der Waals surface area contributed by atoms with E-state index in [1.807, 2.05) is 30.3 Å². The van der Waals surface area contributed by atoms with Gasteiger partial charge in [0.2, 0.25) is 11.2 Å². The normalized spacial score (nSPS) is 12.1. The van der Waals surface area contributed by atoms with Gasteiger partial charge in [-0.1, -0.05) is 30.3 Å². The van der Waals surface area contributed by atoms with Gasteiger partial charge in [0.05, 0.1) is 6.61 Å². The van der Waals surface area contributed by atoms with Gasteiger partial charge in [-0.25, -0.2) is 0 Å². The third-order valence-corrected chi connectivity index (χ3v) is 5.68. The van der Waals surface area contributed by atoms with Crippen LogP contribution in [0.25, 0.3) is 22.3 Å². The average molecular weight is 478 g/mol. The molecule has 4 aromatic rings. The highest BCUT2D eigenvalue weighted by molar-refractivity contribution is 5.88. The number of aliphatic hydroxyl groups excluding tert-OH is 2. The van der Waals surface area contributed by atoms with Crippen LogP contribution in [0.4, 0.5) is 0 Å². The van der Waals surface area contributed by atoms with Crippen molar-refractivity contribution in [2.45, 2.75) is 25.4 Å². The molecule has 0 saturated carbocycles. The van der Waals surface area contributed by atoms with Crippen molar-refractivity contribution in [2.75, 3.05) is 13.2 Å². The fourth-order valence-corrected chi connectivity index (χ4v) is 3.92. The van der Waals surface area contributed by atoms with Gasteiger partial charge in [0.15, 0.2) is 5.76 Å². The van der Waals surface area contributed by atoms with Gasteiger partial charge in [-0.3, -0.25) is 4.79 Å². The summed E-state index contributed by atoms with van der Waals surface area (Å²) < 4.78 is 11.6. The van der Waals surface area contributed by atoms with Crippen LogP contribution in [0.15, 0.2) is 69.9 Å². The predicted molar refractivity (Wildman–Crippen MR) is 130 cm³/mol. The van der Waals surface area contributed by atoms with Gasteiger partial charge in [-0.05, 0) is 42.2 Å². The van der Waals surface area contributed by atoms with E-state index in [0.717, 1.165) is 5.56 Å². The van der Waals surface area contributed by atoms with E-state index in [4.69, 9.17) is 14.3 Å². The number of rotatable bonds is 9. The lowest BCUT2D eigenvalue weighted by Gasteiger charge is -2.18. The van der Waals surface area contributed by atoms with Gasteiger partial charge in [-0.2, -0.15) is 0 Å². The first-order valence-corrected chi connectivity index (χ1v) is 11.2. The van der Waals surface area contributed by atoms with Crippen molar-refractivity contribution in [3.63, 3.8) is 0 Å². The zero-order valence-corrected chi connectivity index (χ0v) is 18.8. The number of benzene rings is 3. The van der Waals surface area contributed by atoms with Gasteiger partial charge in [-0.15, -0.1) is 0 Å². The Morgan fingerprint density at radius 3 is 2.43 bits per heavy atom. The Bertz CT molecular complexity index is 1380. The first-order chi connectivity index (χ1) is 16.9. The van der Waals surface area contributed by atoms with Crippen molar-refractivity contribution in [3.05, 3.63) is 82.0 Å². The number of phenolic OH excluding ortho intramolecular Hbond substituents is 2. The van der Waals surface area contributed by atoms with Gasteiger partial charge in [0, 0.05) is 30.7 Å². The van der Waals surface area contributed by atoms with E-state index in [0.29, 0.717) is 30.4 Å². The summed E-state index contributed by atoms with van der Waals surface area (Å²) in [6.07, 6.45) is 0.384. The monoisotopic (exact) mass is 478 g/mol. The molecule has 0 aliphatic carbocycles. The summed E-state index contributed by atoms with van der Waals surface area (Å²) in [6.45, 7) is -0.462. The van der Waals surface area contributed by atoms with Crippen molar-refractivity contribution in [1.82, 2.24) is 0 Å². The molecule has 4 rings (SSSR count). The molecule has 0 aliphatic heterocycles. The second kappa shape index (κ2) is 10.5. The van der Waals surface area contributed by atoms with Crippen molar-refractivity contribution in [1.29, 1.82) is 0 Å². The molecule has 1 atom stereocenters. The van der Waals surface area contributed by atoms with Crippen LogP contribution in [-0.4, -0.2) is 44.9 Å². The van der Waals surface area contributed by atoms with Crippen molar-refractivity contribution >= 4 is 11.0 Å². The first kappa shape index (κ1) is 24.1. The minimum absolute atomic E-state index is 0.0191. The minimum Gasteiger partial charge on any atom is -0.508 e. The topological polar surface area (TPSA) is 141 Å². The summed E-state index contributed by atoms with van der Waals surface area (Å²) in [7, 11) is 0. The molecule has 0 fully saturated rings. The molecular formula is C27H26O8. The van der Waals surface area contributed by atoms with E-state index in [1.165, 1.54) is 24.3 Å². The Morgan fingerprint density at radius 2 is 1.71 bits per heavy atom. The van der Waals surface area contributed by atoms with Gasteiger partial charge < -0.3 is 34.7 Å². The second-order valence-corrected chi connectivity index (χ2v) is 8.22. The van der Waals surface area contributed by atoms with Crippen molar-refractivity contribution in [2.24, 2.45) is 0 Å². The molecule has 0 bridgehead atoms. The number of hydrogen-bond donors (Lipinski definition) is 5. The van der Waals surface area contributed by atoms with E-state index in [2.05, 4.69) is 0 Å². The van der Waals surface area contributed by atoms with Crippen LogP contribution in [0.2, 0.25) is 0 Å². The van der Waals surface area contributed by atoms with Crippen LogP contribution in [0, 0.1) is 0 Å². The lowest BCUT2D eigenvalue weighted by molar-refractivity contribution is 0.102. The molecule has 5 N–H and O–H groups in total. The molecular weight excluding hydrogens is 452 g/mol. The number of hydrogen-bond acceptors (Lipinski definition) is 8. The maximum Gasteiger partial charge on any atom is 0.238 e. The second-order valence-electron chi connectivity index (χ2n) is 8.22. The third kappa shape index (κ3) is 5.24. The van der Waals surface area contributed by atoms with Crippen LogP contribution >= 0.6 is 0 Å². The molecule has 0 amide bonds. The summed E-state index contributed by atoms with van der Waals surface area (Å²) in [5.74, 6) is -0.996. The van der Waals surface area contributed by atoms with Crippen molar-refractivity contribution < 1.29 is 34.7 Å². The molecule has 1 unspecified atom stereocenters. The molecule has 1 heterocycles. The highest BCUT2D eigenvalue weighted by Gasteiger charge is 2.22. The highest BCUT2D eigenvalue weighted by Crippen LogP contribution is 2.37. The summed E-state index contributed by atoms with van der Waals surface area (Å²) in [5.41, 5.74) is 1.12. The quantitative estimate of drug-likeness (QED) is 0.245. The molecule has 0 radical (unpaired) electrons. The van der Waals surface area contributed by atoms with E-state index >= 15 is 0 Å². The summed E-state index contributed by atoms with van der Waals surface area (Å²) in [5, 5.41) is 49.8. The first-order valence-electron chi connectivity index (χ1n) is 11.2. The number of ether oxygens (including phenoxy) is 1. The smallest absolute Gasteiger partial charge is 0.238 e. The number of fused-ring (bicyclic) bond motifs is 1. The third-order valence-electron chi connectivity index (χ3n) is 5.68. The Kier molecular flexibility index (Phi) is 7.24. The molecule has 8 nitrogen and oxygen atoms in total. The zero-order chi connectivity index (χ0) is 24.9. The Hall–Kier alpha value is -4.01. The van der Waals surface area contributed by atoms with Crippen LogP contribution in [0.3, 0.4) is 0 Å². The van der Waals surface area contributed by atoms with E-state index < -0.39 is 17.3 Å². The van der Waals surface area contributed by atoms with Crippen LogP contribution in [-0.2, 0) is 6.42 Å². The molecule has 3 aromatic carbocycles. The largest absolute Gasteiger partial charge is 0.508 e. The number of aromatic hydroxyl groups is 3. The number of aliphatic hydroxyl groups is 2. The molecule has 182 valence electrons. The van der Waals surface area contributed by atoms with Gasteiger partial charge >= 0.3 is 0 Å².